The van der Waals surface area contributed by atoms with E-state index in [1.165, 1.54) is 0 Å². The minimum atomic E-state index is -1.12. The average Bonchev–Trinajstić information content (AvgIpc) is 2.41. The summed E-state index contributed by atoms with van der Waals surface area (Å²) in [7, 11) is 0. The number of ether oxygens (including phenoxy) is 1. The van der Waals surface area contributed by atoms with Crippen molar-refractivity contribution >= 4 is 0 Å². The quantitative estimate of drug-likeness (QED) is 0.293. The summed E-state index contributed by atoms with van der Waals surface area (Å²) in [5, 5.41) is 30.5. The summed E-state index contributed by atoms with van der Waals surface area (Å²) in [6.45, 7) is -0.420. The SMILES string of the molecule is [N-]=[N+]=NCC1OC(CO)C(O)C1O. The van der Waals surface area contributed by atoms with Crippen LogP contribution in [0.1, 0.15) is 0 Å². The van der Waals surface area contributed by atoms with Gasteiger partial charge in [0.15, 0.2) is 0 Å². The number of hydrogen-bond donors (Lipinski definition) is 3. The predicted molar refractivity (Wildman–Crippen MR) is 41.8 cm³/mol. The fourth-order valence-electron chi connectivity index (χ4n) is 1.24. The first kappa shape index (κ1) is 10.2. The highest BCUT2D eigenvalue weighted by atomic mass is 16.6. The normalized spacial score (nSPS) is 38.7. The Bertz CT molecular complexity index is 218. The Hall–Kier alpha value is -0.850. The molecular weight excluding hydrogens is 178 g/mol. The van der Waals surface area contributed by atoms with Crippen LogP contribution in [0.25, 0.3) is 10.4 Å². The molecule has 1 rings (SSSR count). The van der Waals surface area contributed by atoms with E-state index < -0.39 is 24.4 Å². The Morgan fingerprint density at radius 2 is 1.92 bits per heavy atom. The van der Waals surface area contributed by atoms with E-state index in [4.69, 9.17) is 15.4 Å². The second-order valence-electron chi connectivity index (χ2n) is 2.79. The summed E-state index contributed by atoms with van der Waals surface area (Å²) in [6, 6.07) is 0. The Kier molecular flexibility index (Phi) is 3.47. The standard InChI is InChI=1S/C6H11N3O4/c7-9-8-1-3-5(11)6(12)4(2-10)13-3/h3-6,10-12H,1-2H2. The molecule has 0 aromatic rings. The monoisotopic (exact) mass is 189 g/mol. The Labute approximate surface area is 74.2 Å². The van der Waals surface area contributed by atoms with Gasteiger partial charge in [0.25, 0.3) is 0 Å². The number of aliphatic hydroxyl groups excluding tert-OH is 3. The molecular formula is C6H11N3O4. The fourth-order valence-corrected chi connectivity index (χ4v) is 1.24. The topological polar surface area (TPSA) is 119 Å². The number of rotatable bonds is 3. The van der Waals surface area contributed by atoms with Crippen LogP contribution in [0.4, 0.5) is 0 Å². The molecule has 4 atom stereocenters. The molecule has 1 aliphatic heterocycles. The van der Waals surface area contributed by atoms with E-state index in [0.717, 1.165) is 0 Å². The molecule has 13 heavy (non-hydrogen) atoms. The molecule has 7 heteroatoms. The van der Waals surface area contributed by atoms with Gasteiger partial charge in [0.2, 0.25) is 0 Å². The van der Waals surface area contributed by atoms with Gasteiger partial charge in [0, 0.05) is 4.91 Å². The number of hydrogen-bond acceptors (Lipinski definition) is 5. The molecule has 0 amide bonds. The maximum Gasteiger partial charge on any atom is 0.111 e. The van der Waals surface area contributed by atoms with Crippen molar-refractivity contribution in [1.29, 1.82) is 0 Å². The van der Waals surface area contributed by atoms with Crippen molar-refractivity contribution in [3.05, 3.63) is 10.4 Å². The van der Waals surface area contributed by atoms with E-state index in [2.05, 4.69) is 10.0 Å². The van der Waals surface area contributed by atoms with Gasteiger partial charge in [-0.25, -0.2) is 0 Å². The third kappa shape index (κ3) is 2.09. The second kappa shape index (κ2) is 4.40. The van der Waals surface area contributed by atoms with Crippen LogP contribution in [-0.4, -0.2) is 52.9 Å². The molecule has 0 radical (unpaired) electrons. The zero-order chi connectivity index (χ0) is 9.84. The molecule has 0 aromatic carbocycles. The van der Waals surface area contributed by atoms with Gasteiger partial charge in [-0.2, -0.15) is 0 Å². The number of nitrogens with zero attached hydrogens (tertiary/aromatic N) is 3. The molecule has 1 saturated heterocycles. The summed E-state index contributed by atoms with van der Waals surface area (Å²) in [4.78, 5) is 2.50. The Morgan fingerprint density at radius 1 is 1.31 bits per heavy atom. The maximum atomic E-state index is 9.32. The van der Waals surface area contributed by atoms with Crippen molar-refractivity contribution in [2.75, 3.05) is 13.2 Å². The van der Waals surface area contributed by atoms with E-state index in [1.807, 2.05) is 0 Å². The molecule has 1 heterocycles. The summed E-state index contributed by atoms with van der Waals surface area (Å²) < 4.78 is 5.02. The van der Waals surface area contributed by atoms with Crippen molar-refractivity contribution < 1.29 is 20.1 Å². The first-order chi connectivity index (χ1) is 6.20. The van der Waals surface area contributed by atoms with Crippen LogP contribution in [0.2, 0.25) is 0 Å². The zero-order valence-electron chi connectivity index (χ0n) is 6.82. The Morgan fingerprint density at radius 3 is 2.38 bits per heavy atom. The largest absolute Gasteiger partial charge is 0.394 e. The molecule has 0 aromatic heterocycles. The van der Waals surface area contributed by atoms with E-state index >= 15 is 0 Å². The van der Waals surface area contributed by atoms with Crippen molar-refractivity contribution in [2.45, 2.75) is 24.4 Å². The molecule has 0 bridgehead atoms. The second-order valence-corrected chi connectivity index (χ2v) is 2.79. The summed E-state index contributed by atoms with van der Waals surface area (Å²) in [6.07, 6.45) is -3.76. The smallest absolute Gasteiger partial charge is 0.111 e. The highest BCUT2D eigenvalue weighted by Gasteiger charge is 2.41. The Balaban J connectivity index is 2.54. The lowest BCUT2D eigenvalue weighted by atomic mass is 10.1. The summed E-state index contributed by atoms with van der Waals surface area (Å²) in [5.41, 5.74) is 8.01. The predicted octanol–water partition coefficient (Wildman–Crippen LogP) is -1.22. The van der Waals surface area contributed by atoms with E-state index in [0.29, 0.717) is 0 Å². The molecule has 0 spiro atoms. The molecule has 0 aliphatic carbocycles. The molecule has 4 unspecified atom stereocenters. The highest BCUT2D eigenvalue weighted by molar-refractivity contribution is 4.91. The van der Waals surface area contributed by atoms with Crippen molar-refractivity contribution in [3.63, 3.8) is 0 Å². The minimum absolute atomic E-state index is 0.0504. The van der Waals surface area contributed by atoms with Gasteiger partial charge in [0.05, 0.1) is 19.3 Å². The first-order valence-electron chi connectivity index (χ1n) is 3.84. The van der Waals surface area contributed by atoms with Crippen LogP contribution >= 0.6 is 0 Å². The lowest BCUT2D eigenvalue weighted by Gasteiger charge is -2.11. The molecule has 1 fully saturated rings. The minimum Gasteiger partial charge on any atom is -0.394 e. The van der Waals surface area contributed by atoms with E-state index in [1.54, 1.807) is 0 Å². The maximum absolute atomic E-state index is 9.32. The van der Waals surface area contributed by atoms with Crippen LogP contribution in [0.3, 0.4) is 0 Å². The number of azide groups is 1. The van der Waals surface area contributed by atoms with Gasteiger partial charge in [0.1, 0.15) is 18.3 Å². The van der Waals surface area contributed by atoms with Gasteiger partial charge < -0.3 is 20.1 Å². The lowest BCUT2D eigenvalue weighted by molar-refractivity contribution is -0.0192. The highest BCUT2D eigenvalue weighted by Crippen LogP contribution is 2.21. The van der Waals surface area contributed by atoms with Crippen LogP contribution in [0, 0.1) is 0 Å². The zero-order valence-corrected chi connectivity index (χ0v) is 6.82. The summed E-state index contributed by atoms with van der Waals surface area (Å²) in [5.74, 6) is 0. The van der Waals surface area contributed by atoms with Gasteiger partial charge in [-0.15, -0.1) is 0 Å². The van der Waals surface area contributed by atoms with Crippen LogP contribution in [0.15, 0.2) is 5.11 Å². The third-order valence-corrected chi connectivity index (χ3v) is 1.97. The van der Waals surface area contributed by atoms with E-state index in [9.17, 15) is 10.2 Å². The first-order valence-corrected chi connectivity index (χ1v) is 3.84. The molecule has 0 saturated carbocycles. The van der Waals surface area contributed by atoms with Crippen LogP contribution < -0.4 is 0 Å². The third-order valence-electron chi connectivity index (χ3n) is 1.97. The molecule has 3 N–H and O–H groups in total. The fraction of sp³-hybridized carbons (Fsp3) is 1.00. The van der Waals surface area contributed by atoms with Crippen molar-refractivity contribution in [1.82, 2.24) is 0 Å². The van der Waals surface area contributed by atoms with Gasteiger partial charge in [-0.1, -0.05) is 5.11 Å². The van der Waals surface area contributed by atoms with Crippen molar-refractivity contribution in [2.24, 2.45) is 5.11 Å². The number of aliphatic hydroxyl groups is 3. The summed E-state index contributed by atoms with van der Waals surface area (Å²) >= 11 is 0. The average molecular weight is 189 g/mol. The van der Waals surface area contributed by atoms with Gasteiger partial charge >= 0.3 is 0 Å². The van der Waals surface area contributed by atoms with Crippen molar-refractivity contribution in [3.8, 4) is 0 Å². The van der Waals surface area contributed by atoms with Crippen LogP contribution in [0.5, 0.6) is 0 Å². The molecule has 7 nitrogen and oxygen atoms in total. The molecule has 74 valence electrons. The molecule has 1 aliphatic rings. The van der Waals surface area contributed by atoms with Crippen LogP contribution in [-0.2, 0) is 4.74 Å². The van der Waals surface area contributed by atoms with E-state index in [-0.39, 0.29) is 13.2 Å². The lowest BCUT2D eigenvalue weighted by Crippen LogP contribution is -2.34. The van der Waals surface area contributed by atoms with Gasteiger partial charge in [-0.05, 0) is 5.53 Å². The van der Waals surface area contributed by atoms with Gasteiger partial charge in [-0.3, -0.25) is 0 Å².